The van der Waals surface area contributed by atoms with Crippen LogP contribution in [0.5, 0.6) is 0 Å². The second kappa shape index (κ2) is 6.24. The predicted molar refractivity (Wildman–Crippen MR) is 98.2 cm³/mol. The second-order valence-corrected chi connectivity index (χ2v) is 8.78. The van der Waals surface area contributed by atoms with Crippen LogP contribution in [0.15, 0.2) is 15.3 Å². The Kier molecular flexibility index (Phi) is 5.02. The fraction of sp³-hybridized carbons (Fsp3) is 0.625. The highest BCUT2D eigenvalue weighted by Crippen LogP contribution is 2.34. The zero-order valence-corrected chi connectivity index (χ0v) is 17.6. The average molecular weight is 449 g/mol. The number of imidazole rings is 1. The Morgan fingerprint density at radius 3 is 2.39 bits per heavy atom. The van der Waals surface area contributed by atoms with Gasteiger partial charge in [-0.15, -0.1) is 0 Å². The van der Waals surface area contributed by atoms with E-state index in [9.17, 15) is 4.79 Å². The van der Waals surface area contributed by atoms with E-state index in [0.29, 0.717) is 6.54 Å². The van der Waals surface area contributed by atoms with E-state index in [1.165, 1.54) is 0 Å². The highest BCUT2D eigenvalue weighted by Gasteiger charge is 2.36. The summed E-state index contributed by atoms with van der Waals surface area (Å²) in [7, 11) is 1.96. The van der Waals surface area contributed by atoms with E-state index in [4.69, 9.17) is 4.74 Å². The minimum absolute atomic E-state index is 0.278. The van der Waals surface area contributed by atoms with Crippen LogP contribution in [-0.4, -0.2) is 38.2 Å². The van der Waals surface area contributed by atoms with E-state index in [0.717, 1.165) is 27.0 Å². The van der Waals surface area contributed by atoms with E-state index in [1.54, 1.807) is 4.90 Å². The van der Waals surface area contributed by atoms with Crippen molar-refractivity contribution in [1.29, 1.82) is 0 Å². The Balaban J connectivity index is 2.29. The van der Waals surface area contributed by atoms with Gasteiger partial charge in [0.15, 0.2) is 0 Å². The Bertz CT molecular complexity index is 657. The van der Waals surface area contributed by atoms with Crippen molar-refractivity contribution in [3.05, 3.63) is 21.1 Å². The number of rotatable bonds is 1. The third kappa shape index (κ3) is 3.99. The molecule has 1 aromatic heterocycles. The molecule has 0 radical (unpaired) electrons. The molecule has 2 heterocycles. The molecule has 0 spiro atoms. The first-order valence-corrected chi connectivity index (χ1v) is 9.11. The van der Waals surface area contributed by atoms with E-state index in [1.807, 2.05) is 46.2 Å². The van der Waals surface area contributed by atoms with Crippen LogP contribution in [0.1, 0.15) is 46.9 Å². The lowest BCUT2D eigenvalue weighted by Gasteiger charge is -2.41. The lowest BCUT2D eigenvalue weighted by molar-refractivity contribution is 0.00991. The van der Waals surface area contributed by atoms with Crippen molar-refractivity contribution in [2.75, 3.05) is 6.54 Å². The molecule has 0 saturated carbocycles. The molecule has 2 rings (SSSR count). The molecule has 0 fully saturated rings. The van der Waals surface area contributed by atoms with Crippen LogP contribution < -0.4 is 0 Å². The topological polar surface area (TPSA) is 47.4 Å². The lowest BCUT2D eigenvalue weighted by atomic mass is 9.92. The van der Waals surface area contributed by atoms with Crippen molar-refractivity contribution >= 4 is 43.5 Å². The molecule has 128 valence electrons. The molecule has 5 nitrogen and oxygen atoms in total. The molecule has 0 aromatic carbocycles. The largest absolute Gasteiger partial charge is 0.444 e. The maximum Gasteiger partial charge on any atom is 0.410 e. The summed E-state index contributed by atoms with van der Waals surface area (Å²) in [5, 5.41) is 0. The van der Waals surface area contributed by atoms with Crippen LogP contribution in [0.3, 0.4) is 0 Å². The minimum atomic E-state index is -0.493. The standard InChI is InChI=1S/C16H23Br2N3O2/c1-15(2,3)23-14(22)21-8-7-10(9-16(21,4)5)13-19-11(17)12(18)20(13)6/h9H,7-8H2,1-6H3. The third-order valence-electron chi connectivity index (χ3n) is 3.72. The van der Waals surface area contributed by atoms with Crippen molar-refractivity contribution in [1.82, 2.24) is 14.5 Å². The van der Waals surface area contributed by atoms with Crippen LogP contribution in [0.25, 0.3) is 5.57 Å². The molecule has 7 heteroatoms. The van der Waals surface area contributed by atoms with Gasteiger partial charge in [0, 0.05) is 13.6 Å². The second-order valence-electron chi connectivity index (χ2n) is 7.28. The number of halogens is 2. The number of amides is 1. The number of hydrogen-bond acceptors (Lipinski definition) is 3. The zero-order valence-electron chi connectivity index (χ0n) is 14.4. The molecule has 1 aliphatic heterocycles. The first-order chi connectivity index (χ1) is 10.4. The van der Waals surface area contributed by atoms with Crippen molar-refractivity contribution in [3.63, 3.8) is 0 Å². The molecule has 0 bridgehead atoms. The third-order valence-corrected chi connectivity index (χ3v) is 5.71. The van der Waals surface area contributed by atoms with Crippen molar-refractivity contribution in [2.45, 2.75) is 52.2 Å². The number of hydrogen-bond donors (Lipinski definition) is 0. The molecule has 1 aliphatic rings. The lowest BCUT2D eigenvalue weighted by Crippen LogP contribution is -2.51. The Morgan fingerprint density at radius 2 is 1.96 bits per heavy atom. The summed E-state index contributed by atoms with van der Waals surface area (Å²) >= 11 is 6.94. The first kappa shape index (κ1) is 18.5. The first-order valence-electron chi connectivity index (χ1n) is 7.53. The monoisotopic (exact) mass is 447 g/mol. The highest BCUT2D eigenvalue weighted by molar-refractivity contribution is 9.13. The van der Waals surface area contributed by atoms with Gasteiger partial charge in [-0.05, 0) is 78.5 Å². The Labute approximate surface area is 154 Å². The van der Waals surface area contributed by atoms with Crippen LogP contribution >= 0.6 is 31.9 Å². The summed E-state index contributed by atoms with van der Waals surface area (Å²) in [5.74, 6) is 0.903. The molecule has 0 N–H and O–H groups in total. The van der Waals surface area contributed by atoms with Gasteiger partial charge in [0.2, 0.25) is 0 Å². The fourth-order valence-electron chi connectivity index (χ4n) is 2.65. The van der Waals surface area contributed by atoms with Gasteiger partial charge in [0.05, 0.1) is 5.54 Å². The molecule has 1 amide bonds. The summed E-state index contributed by atoms with van der Waals surface area (Å²) in [6.07, 6.45) is 2.56. The summed E-state index contributed by atoms with van der Waals surface area (Å²) in [5.41, 5.74) is 0.205. The molecule has 0 saturated heterocycles. The predicted octanol–water partition coefficient (Wildman–Crippen LogP) is 4.75. The Morgan fingerprint density at radius 1 is 1.35 bits per heavy atom. The highest BCUT2D eigenvalue weighted by atomic mass is 79.9. The molecule has 23 heavy (non-hydrogen) atoms. The van der Waals surface area contributed by atoms with Crippen molar-refractivity contribution < 1.29 is 9.53 Å². The Hall–Kier alpha value is -0.820. The average Bonchev–Trinajstić information content (AvgIpc) is 2.63. The van der Waals surface area contributed by atoms with Gasteiger partial charge in [-0.2, -0.15) is 0 Å². The van der Waals surface area contributed by atoms with Gasteiger partial charge >= 0.3 is 6.09 Å². The number of carbonyl (C=O) groups excluding carboxylic acids is 1. The van der Waals surface area contributed by atoms with Crippen LogP contribution in [0.2, 0.25) is 0 Å². The molecule has 0 aliphatic carbocycles. The van der Waals surface area contributed by atoms with Gasteiger partial charge in [-0.25, -0.2) is 9.78 Å². The van der Waals surface area contributed by atoms with E-state index in [-0.39, 0.29) is 6.09 Å². The molecule has 0 atom stereocenters. The van der Waals surface area contributed by atoms with E-state index in [2.05, 4.69) is 42.9 Å². The zero-order chi connectivity index (χ0) is 17.6. The number of nitrogens with zero attached hydrogens (tertiary/aromatic N) is 3. The maximum absolute atomic E-state index is 12.4. The molecule has 0 unspecified atom stereocenters. The molecular formula is C16H23Br2N3O2. The summed E-state index contributed by atoms with van der Waals surface area (Å²) in [4.78, 5) is 18.8. The summed E-state index contributed by atoms with van der Waals surface area (Å²) in [6.45, 7) is 10.3. The SMILES string of the molecule is Cn1c(C2=CC(C)(C)N(C(=O)OC(C)(C)C)CC2)nc(Br)c1Br. The number of carbonyl (C=O) groups is 1. The maximum atomic E-state index is 12.4. The number of aromatic nitrogens is 2. The van der Waals surface area contributed by atoms with Crippen molar-refractivity contribution in [3.8, 4) is 0 Å². The van der Waals surface area contributed by atoms with Crippen molar-refractivity contribution in [2.24, 2.45) is 7.05 Å². The van der Waals surface area contributed by atoms with Gasteiger partial charge < -0.3 is 9.30 Å². The van der Waals surface area contributed by atoms with E-state index < -0.39 is 11.1 Å². The minimum Gasteiger partial charge on any atom is -0.444 e. The van der Waals surface area contributed by atoms with Gasteiger partial charge in [0.25, 0.3) is 0 Å². The molecular weight excluding hydrogens is 426 g/mol. The summed E-state index contributed by atoms with van der Waals surface area (Å²) < 4.78 is 9.20. The fourth-order valence-corrected chi connectivity index (χ4v) is 3.34. The van der Waals surface area contributed by atoms with Gasteiger partial charge in [-0.1, -0.05) is 6.08 Å². The van der Waals surface area contributed by atoms with Gasteiger partial charge in [-0.3, -0.25) is 4.90 Å². The smallest absolute Gasteiger partial charge is 0.410 e. The quantitative estimate of drug-likeness (QED) is 0.622. The molecule has 1 aromatic rings. The number of ether oxygens (including phenoxy) is 1. The normalized spacial score (nSPS) is 17.9. The van der Waals surface area contributed by atoms with Gasteiger partial charge in [0.1, 0.15) is 20.6 Å². The van der Waals surface area contributed by atoms with E-state index >= 15 is 0 Å². The summed E-state index contributed by atoms with van der Waals surface area (Å²) in [6, 6.07) is 0. The van der Waals surface area contributed by atoms with Crippen LogP contribution in [0, 0.1) is 0 Å². The van der Waals surface area contributed by atoms with Crippen LogP contribution in [-0.2, 0) is 11.8 Å². The van der Waals surface area contributed by atoms with Crippen LogP contribution in [0.4, 0.5) is 4.79 Å².